The Morgan fingerprint density at radius 1 is 1.26 bits per heavy atom. The minimum atomic E-state index is -0.861. The molecule has 1 saturated heterocycles. The van der Waals surface area contributed by atoms with Crippen molar-refractivity contribution in [1.29, 1.82) is 0 Å². The van der Waals surface area contributed by atoms with Gasteiger partial charge < -0.3 is 14.9 Å². The van der Waals surface area contributed by atoms with Crippen LogP contribution in [0.15, 0.2) is 24.3 Å². The molecular formula is C21H30N2O4. The lowest BCUT2D eigenvalue weighted by Gasteiger charge is -2.32. The van der Waals surface area contributed by atoms with Crippen LogP contribution in [0.4, 0.5) is 0 Å². The average Bonchev–Trinajstić information content (AvgIpc) is 2.67. The number of hydrogen-bond acceptors (Lipinski definition) is 3. The number of likely N-dealkylation sites (N-methyl/N-ethyl adjacent to an activating group) is 1. The van der Waals surface area contributed by atoms with Crippen molar-refractivity contribution in [3.05, 3.63) is 35.4 Å². The molecule has 2 unspecified atom stereocenters. The van der Waals surface area contributed by atoms with Gasteiger partial charge in [0.15, 0.2) is 0 Å². The fourth-order valence-electron chi connectivity index (χ4n) is 3.41. The summed E-state index contributed by atoms with van der Waals surface area (Å²) in [6.07, 6.45) is 2.61. The summed E-state index contributed by atoms with van der Waals surface area (Å²) in [6.45, 7) is 4.90. The number of rotatable bonds is 7. The Morgan fingerprint density at radius 3 is 2.52 bits per heavy atom. The SMILES string of the molecule is CCc1ccc(C(C)CC(=O)N(C)CC(=O)N2CCCC(C(=O)O)C2)cc1. The van der Waals surface area contributed by atoms with Gasteiger partial charge in [0.25, 0.3) is 0 Å². The zero-order chi connectivity index (χ0) is 20.0. The smallest absolute Gasteiger partial charge is 0.308 e. The third-order valence-corrected chi connectivity index (χ3v) is 5.36. The molecule has 2 atom stereocenters. The van der Waals surface area contributed by atoms with E-state index in [1.807, 2.05) is 6.92 Å². The normalized spacial score (nSPS) is 18.0. The van der Waals surface area contributed by atoms with Crippen molar-refractivity contribution in [3.8, 4) is 0 Å². The van der Waals surface area contributed by atoms with Crippen LogP contribution in [0, 0.1) is 5.92 Å². The number of aliphatic carboxylic acids is 1. The van der Waals surface area contributed by atoms with E-state index in [-0.39, 0.29) is 30.8 Å². The predicted octanol–water partition coefficient (Wildman–Crippen LogP) is 2.52. The van der Waals surface area contributed by atoms with Gasteiger partial charge in [-0.25, -0.2) is 0 Å². The second-order valence-electron chi connectivity index (χ2n) is 7.47. The molecule has 1 heterocycles. The van der Waals surface area contributed by atoms with Crippen molar-refractivity contribution in [1.82, 2.24) is 9.80 Å². The number of carbonyl (C=O) groups excluding carboxylic acids is 2. The van der Waals surface area contributed by atoms with Crippen LogP contribution in [0.5, 0.6) is 0 Å². The average molecular weight is 374 g/mol. The molecule has 1 N–H and O–H groups in total. The molecule has 1 fully saturated rings. The second kappa shape index (κ2) is 9.53. The number of amides is 2. The number of carboxylic acids is 1. The summed E-state index contributed by atoms with van der Waals surface area (Å²) < 4.78 is 0. The quantitative estimate of drug-likeness (QED) is 0.795. The van der Waals surface area contributed by atoms with Crippen LogP contribution >= 0.6 is 0 Å². The lowest BCUT2D eigenvalue weighted by Crippen LogP contribution is -2.47. The summed E-state index contributed by atoms with van der Waals surface area (Å²) in [7, 11) is 1.63. The van der Waals surface area contributed by atoms with Gasteiger partial charge in [0.2, 0.25) is 11.8 Å². The fourth-order valence-corrected chi connectivity index (χ4v) is 3.41. The number of piperidine rings is 1. The largest absolute Gasteiger partial charge is 0.481 e. The maximum Gasteiger partial charge on any atom is 0.308 e. The standard InChI is InChI=1S/C21H30N2O4/c1-4-16-7-9-17(10-8-16)15(2)12-19(24)22(3)14-20(25)23-11-5-6-18(13-23)21(26)27/h7-10,15,18H,4-6,11-14H2,1-3H3,(H,26,27). The van der Waals surface area contributed by atoms with Crippen LogP contribution in [0.3, 0.4) is 0 Å². The number of likely N-dealkylation sites (tertiary alicyclic amines) is 1. The molecule has 1 aliphatic heterocycles. The molecule has 2 rings (SSSR count). The third kappa shape index (κ3) is 5.81. The molecule has 1 aromatic carbocycles. The van der Waals surface area contributed by atoms with E-state index in [4.69, 9.17) is 5.11 Å². The highest BCUT2D eigenvalue weighted by molar-refractivity contribution is 5.85. The lowest BCUT2D eigenvalue weighted by atomic mass is 9.96. The number of nitrogens with zero attached hydrogens (tertiary/aromatic N) is 2. The monoisotopic (exact) mass is 374 g/mol. The summed E-state index contributed by atoms with van der Waals surface area (Å²) in [6, 6.07) is 8.28. The van der Waals surface area contributed by atoms with E-state index in [1.165, 1.54) is 10.5 Å². The summed E-state index contributed by atoms with van der Waals surface area (Å²) in [5, 5.41) is 9.15. The van der Waals surface area contributed by atoms with E-state index < -0.39 is 11.9 Å². The Kier molecular flexibility index (Phi) is 7.39. The number of aryl methyl sites for hydroxylation is 1. The van der Waals surface area contributed by atoms with Crippen molar-refractivity contribution < 1.29 is 19.5 Å². The molecule has 0 saturated carbocycles. The molecular weight excluding hydrogens is 344 g/mol. The van der Waals surface area contributed by atoms with Gasteiger partial charge in [-0.05, 0) is 36.3 Å². The molecule has 27 heavy (non-hydrogen) atoms. The van der Waals surface area contributed by atoms with E-state index in [0.717, 1.165) is 12.0 Å². The first-order chi connectivity index (χ1) is 12.8. The molecule has 2 amide bonds. The maximum atomic E-state index is 12.5. The summed E-state index contributed by atoms with van der Waals surface area (Å²) in [5.41, 5.74) is 2.38. The first kappa shape index (κ1) is 20.9. The number of hydrogen-bond donors (Lipinski definition) is 1. The van der Waals surface area contributed by atoms with E-state index in [1.54, 1.807) is 11.9 Å². The van der Waals surface area contributed by atoms with Crippen molar-refractivity contribution in [2.75, 3.05) is 26.7 Å². The van der Waals surface area contributed by atoms with E-state index in [9.17, 15) is 14.4 Å². The lowest BCUT2D eigenvalue weighted by molar-refractivity contribution is -0.147. The van der Waals surface area contributed by atoms with Gasteiger partial charge in [0, 0.05) is 26.6 Å². The third-order valence-electron chi connectivity index (χ3n) is 5.36. The molecule has 148 valence electrons. The van der Waals surface area contributed by atoms with Gasteiger partial charge >= 0.3 is 5.97 Å². The number of carboxylic acid groups (broad SMARTS) is 1. The highest BCUT2D eigenvalue weighted by atomic mass is 16.4. The predicted molar refractivity (Wildman–Crippen MR) is 103 cm³/mol. The van der Waals surface area contributed by atoms with Gasteiger partial charge in [-0.15, -0.1) is 0 Å². The molecule has 0 radical (unpaired) electrons. The Balaban J connectivity index is 1.86. The van der Waals surface area contributed by atoms with Crippen molar-refractivity contribution in [2.45, 2.75) is 45.4 Å². The first-order valence-electron chi connectivity index (χ1n) is 9.65. The molecule has 0 spiro atoms. The van der Waals surface area contributed by atoms with Crippen LogP contribution in [0.2, 0.25) is 0 Å². The summed E-state index contributed by atoms with van der Waals surface area (Å²) in [4.78, 5) is 39.1. The van der Waals surface area contributed by atoms with Crippen LogP contribution in [0.1, 0.15) is 50.2 Å². The molecule has 1 aliphatic rings. The number of carbonyl (C=O) groups is 3. The molecule has 0 bridgehead atoms. The van der Waals surface area contributed by atoms with E-state index in [0.29, 0.717) is 25.8 Å². The molecule has 0 aromatic heterocycles. The highest BCUT2D eigenvalue weighted by Gasteiger charge is 2.29. The zero-order valence-electron chi connectivity index (χ0n) is 16.5. The Bertz CT molecular complexity index is 671. The van der Waals surface area contributed by atoms with Crippen molar-refractivity contribution in [3.63, 3.8) is 0 Å². The van der Waals surface area contributed by atoms with E-state index in [2.05, 4.69) is 31.2 Å². The number of benzene rings is 1. The molecule has 6 heteroatoms. The van der Waals surface area contributed by atoms with Gasteiger partial charge in [-0.1, -0.05) is 38.1 Å². The molecule has 0 aliphatic carbocycles. The van der Waals surface area contributed by atoms with Gasteiger partial charge in [-0.2, -0.15) is 0 Å². The zero-order valence-corrected chi connectivity index (χ0v) is 16.5. The van der Waals surface area contributed by atoms with E-state index >= 15 is 0 Å². The summed E-state index contributed by atoms with van der Waals surface area (Å²) in [5.74, 6) is -1.55. The summed E-state index contributed by atoms with van der Waals surface area (Å²) >= 11 is 0. The first-order valence-corrected chi connectivity index (χ1v) is 9.65. The Morgan fingerprint density at radius 2 is 1.93 bits per heavy atom. The van der Waals surface area contributed by atoms with Crippen LogP contribution in [-0.2, 0) is 20.8 Å². The molecule has 1 aromatic rings. The van der Waals surface area contributed by atoms with Crippen LogP contribution in [0.25, 0.3) is 0 Å². The maximum absolute atomic E-state index is 12.5. The highest BCUT2D eigenvalue weighted by Crippen LogP contribution is 2.21. The molecule has 6 nitrogen and oxygen atoms in total. The van der Waals surface area contributed by atoms with Gasteiger partial charge in [0.1, 0.15) is 0 Å². The van der Waals surface area contributed by atoms with Gasteiger partial charge in [0.05, 0.1) is 12.5 Å². The Labute approximate surface area is 161 Å². The van der Waals surface area contributed by atoms with Crippen LogP contribution < -0.4 is 0 Å². The van der Waals surface area contributed by atoms with Crippen molar-refractivity contribution >= 4 is 17.8 Å². The fraction of sp³-hybridized carbons (Fsp3) is 0.571. The van der Waals surface area contributed by atoms with Crippen molar-refractivity contribution in [2.24, 2.45) is 5.92 Å². The second-order valence-corrected chi connectivity index (χ2v) is 7.47. The van der Waals surface area contributed by atoms with Gasteiger partial charge in [-0.3, -0.25) is 14.4 Å². The minimum absolute atomic E-state index is 0.00728. The topological polar surface area (TPSA) is 77.9 Å². The minimum Gasteiger partial charge on any atom is -0.481 e. The Hall–Kier alpha value is -2.37. The van der Waals surface area contributed by atoms with Crippen LogP contribution in [-0.4, -0.2) is 59.4 Å².